The minimum Gasteiger partial charge on any atom is -0.434 e. The highest BCUT2D eigenvalue weighted by Crippen LogP contribution is 1.99. The Kier molecular flexibility index (Phi) is 12.6. The molecule has 1 radical (unpaired) electrons. The standard InChI is InChI=1S/C15H27O6/c1-4-5-6-9-18-14(16)19-10-7-8-11-20-15(17)21-12-13(2)3/h7,13H,4-6,8-12H2,1-3H3. The Labute approximate surface area is 127 Å². The predicted octanol–water partition coefficient (Wildman–Crippen LogP) is 3.73. The van der Waals surface area contributed by atoms with Crippen LogP contribution in [0, 0.1) is 12.3 Å². The van der Waals surface area contributed by atoms with E-state index in [1.165, 1.54) is 0 Å². The molecule has 0 rings (SSSR count). The summed E-state index contributed by atoms with van der Waals surface area (Å²) in [5.74, 6) is 0.279. The van der Waals surface area contributed by atoms with E-state index in [0.29, 0.717) is 19.6 Å². The zero-order valence-corrected chi connectivity index (χ0v) is 13.3. The molecule has 0 aromatic carbocycles. The van der Waals surface area contributed by atoms with Crippen LogP contribution >= 0.6 is 0 Å². The number of carbonyl (C=O) groups excluding carboxylic acids is 2. The van der Waals surface area contributed by atoms with Crippen LogP contribution in [0.1, 0.15) is 46.5 Å². The summed E-state index contributed by atoms with van der Waals surface area (Å²) in [6.07, 6.45) is 3.80. The van der Waals surface area contributed by atoms with Gasteiger partial charge >= 0.3 is 12.3 Å². The molecule has 0 fully saturated rings. The van der Waals surface area contributed by atoms with E-state index in [1.54, 1.807) is 6.42 Å². The van der Waals surface area contributed by atoms with Gasteiger partial charge in [0.1, 0.15) is 0 Å². The van der Waals surface area contributed by atoms with Gasteiger partial charge in [-0.15, -0.1) is 0 Å². The van der Waals surface area contributed by atoms with Crippen molar-refractivity contribution >= 4 is 12.3 Å². The van der Waals surface area contributed by atoms with Gasteiger partial charge in [-0.1, -0.05) is 33.6 Å². The van der Waals surface area contributed by atoms with E-state index in [4.69, 9.17) is 18.9 Å². The molecule has 0 aliphatic heterocycles. The van der Waals surface area contributed by atoms with Crippen molar-refractivity contribution in [2.24, 2.45) is 5.92 Å². The van der Waals surface area contributed by atoms with Gasteiger partial charge in [-0.05, 0) is 18.8 Å². The van der Waals surface area contributed by atoms with Crippen molar-refractivity contribution in [2.75, 3.05) is 26.4 Å². The second-order valence-electron chi connectivity index (χ2n) is 5.00. The van der Waals surface area contributed by atoms with E-state index in [9.17, 15) is 9.59 Å². The normalized spacial score (nSPS) is 10.3. The molecule has 0 heterocycles. The molecule has 0 aliphatic carbocycles. The molecule has 0 N–H and O–H groups in total. The van der Waals surface area contributed by atoms with Crippen LogP contribution in [0.25, 0.3) is 0 Å². The lowest BCUT2D eigenvalue weighted by Crippen LogP contribution is -2.13. The van der Waals surface area contributed by atoms with Crippen LogP contribution in [-0.2, 0) is 18.9 Å². The van der Waals surface area contributed by atoms with Crippen LogP contribution in [-0.4, -0.2) is 38.7 Å². The van der Waals surface area contributed by atoms with Crippen molar-refractivity contribution < 1.29 is 28.5 Å². The van der Waals surface area contributed by atoms with Gasteiger partial charge in [0.15, 0.2) is 0 Å². The van der Waals surface area contributed by atoms with Crippen molar-refractivity contribution in [1.82, 2.24) is 0 Å². The number of unbranched alkanes of at least 4 members (excludes halogenated alkanes) is 3. The number of carbonyl (C=O) groups is 2. The van der Waals surface area contributed by atoms with Crippen LogP contribution in [0.4, 0.5) is 9.59 Å². The van der Waals surface area contributed by atoms with Gasteiger partial charge in [0.2, 0.25) is 0 Å². The molecule has 0 atom stereocenters. The second kappa shape index (κ2) is 13.5. The van der Waals surface area contributed by atoms with Gasteiger partial charge in [-0.25, -0.2) is 9.59 Å². The van der Waals surface area contributed by atoms with Crippen molar-refractivity contribution in [3.05, 3.63) is 6.42 Å². The van der Waals surface area contributed by atoms with Crippen molar-refractivity contribution in [1.29, 1.82) is 0 Å². The van der Waals surface area contributed by atoms with E-state index < -0.39 is 12.3 Å². The number of hydrogen-bond acceptors (Lipinski definition) is 6. The maximum atomic E-state index is 11.1. The summed E-state index contributed by atoms with van der Waals surface area (Å²) in [5.41, 5.74) is 0. The fourth-order valence-electron chi connectivity index (χ4n) is 1.26. The average Bonchev–Trinajstić information content (AvgIpc) is 2.45. The lowest BCUT2D eigenvalue weighted by Gasteiger charge is -2.08. The van der Waals surface area contributed by atoms with E-state index in [2.05, 4.69) is 6.92 Å². The Morgan fingerprint density at radius 2 is 1.62 bits per heavy atom. The molecule has 0 saturated carbocycles. The maximum absolute atomic E-state index is 11.1. The van der Waals surface area contributed by atoms with Crippen LogP contribution in [0.5, 0.6) is 0 Å². The van der Waals surface area contributed by atoms with Crippen LogP contribution in [0.15, 0.2) is 0 Å². The second-order valence-corrected chi connectivity index (χ2v) is 5.00. The molecule has 0 aromatic heterocycles. The first kappa shape index (κ1) is 19.5. The highest BCUT2D eigenvalue weighted by atomic mass is 16.7. The van der Waals surface area contributed by atoms with Gasteiger partial charge in [0.25, 0.3) is 0 Å². The van der Waals surface area contributed by atoms with E-state index in [0.717, 1.165) is 19.3 Å². The van der Waals surface area contributed by atoms with Crippen molar-refractivity contribution in [3.63, 3.8) is 0 Å². The first-order chi connectivity index (χ1) is 10.1. The quantitative estimate of drug-likeness (QED) is 0.428. The number of hydrogen-bond donors (Lipinski definition) is 0. The molecule has 21 heavy (non-hydrogen) atoms. The first-order valence-corrected chi connectivity index (χ1v) is 7.47. The lowest BCUT2D eigenvalue weighted by molar-refractivity contribution is 0.0448. The smallest absolute Gasteiger partial charge is 0.434 e. The minimum absolute atomic E-state index is 0.136. The highest BCUT2D eigenvalue weighted by Gasteiger charge is 2.06. The molecule has 0 saturated heterocycles. The third kappa shape index (κ3) is 14.8. The Morgan fingerprint density at radius 3 is 2.29 bits per heavy atom. The summed E-state index contributed by atoms with van der Waals surface area (Å²) in [5, 5.41) is 0. The molecule has 0 aliphatic rings. The largest absolute Gasteiger partial charge is 0.508 e. The highest BCUT2D eigenvalue weighted by molar-refractivity contribution is 5.60. The van der Waals surface area contributed by atoms with Gasteiger partial charge in [0.05, 0.1) is 26.4 Å². The molecule has 6 heteroatoms. The van der Waals surface area contributed by atoms with E-state index in [-0.39, 0.29) is 19.1 Å². The monoisotopic (exact) mass is 303 g/mol. The summed E-state index contributed by atoms with van der Waals surface area (Å²) in [6.45, 7) is 7.03. The molecule has 6 nitrogen and oxygen atoms in total. The Hall–Kier alpha value is -1.46. The maximum Gasteiger partial charge on any atom is 0.508 e. The number of rotatable bonds is 11. The summed E-state index contributed by atoms with van der Waals surface area (Å²) < 4.78 is 19.3. The van der Waals surface area contributed by atoms with E-state index >= 15 is 0 Å². The van der Waals surface area contributed by atoms with Crippen LogP contribution in [0.2, 0.25) is 0 Å². The summed E-state index contributed by atoms with van der Waals surface area (Å²) in [7, 11) is 0. The topological polar surface area (TPSA) is 71.1 Å². The molecular weight excluding hydrogens is 276 g/mol. The summed E-state index contributed by atoms with van der Waals surface area (Å²) >= 11 is 0. The van der Waals surface area contributed by atoms with Crippen molar-refractivity contribution in [3.8, 4) is 0 Å². The van der Waals surface area contributed by atoms with Crippen LogP contribution < -0.4 is 0 Å². The average molecular weight is 303 g/mol. The fraction of sp³-hybridized carbons (Fsp3) is 0.800. The minimum atomic E-state index is -0.673. The van der Waals surface area contributed by atoms with Gasteiger partial charge in [-0.3, -0.25) is 0 Å². The number of ether oxygens (including phenoxy) is 4. The molecule has 0 unspecified atom stereocenters. The molecule has 0 spiro atoms. The Morgan fingerprint density at radius 1 is 0.952 bits per heavy atom. The molecule has 0 aromatic rings. The molecule has 123 valence electrons. The Bertz CT molecular complexity index is 277. The predicted molar refractivity (Wildman–Crippen MR) is 77.9 cm³/mol. The van der Waals surface area contributed by atoms with Gasteiger partial charge in [0, 0.05) is 6.42 Å². The molecular formula is C15H27O6. The fourth-order valence-corrected chi connectivity index (χ4v) is 1.26. The zero-order valence-electron chi connectivity index (χ0n) is 13.3. The summed E-state index contributed by atoms with van der Waals surface area (Å²) in [4.78, 5) is 22.2. The van der Waals surface area contributed by atoms with Gasteiger partial charge in [-0.2, -0.15) is 0 Å². The van der Waals surface area contributed by atoms with Crippen LogP contribution in [0.3, 0.4) is 0 Å². The zero-order chi connectivity index (χ0) is 15.9. The van der Waals surface area contributed by atoms with E-state index in [1.807, 2.05) is 13.8 Å². The lowest BCUT2D eigenvalue weighted by atomic mass is 10.2. The van der Waals surface area contributed by atoms with Gasteiger partial charge < -0.3 is 18.9 Å². The molecule has 0 amide bonds. The third-order valence-electron chi connectivity index (χ3n) is 2.36. The van der Waals surface area contributed by atoms with Crippen molar-refractivity contribution in [2.45, 2.75) is 46.5 Å². The molecule has 0 bridgehead atoms. The SMILES string of the molecule is CCCCCOC(=O)OC[CH]CCOC(=O)OCC(C)C. The Balaban J connectivity index is 3.31. The first-order valence-electron chi connectivity index (χ1n) is 7.47. The third-order valence-corrected chi connectivity index (χ3v) is 2.36. The summed E-state index contributed by atoms with van der Waals surface area (Å²) in [6, 6.07) is 0.